The van der Waals surface area contributed by atoms with E-state index in [0.717, 1.165) is 6.42 Å². The van der Waals surface area contributed by atoms with Crippen LogP contribution in [0.1, 0.15) is 83.6 Å². The van der Waals surface area contributed by atoms with Crippen LogP contribution in [0.5, 0.6) is 0 Å². The first-order valence-corrected chi connectivity index (χ1v) is 26.2. The van der Waals surface area contributed by atoms with E-state index in [-0.39, 0.29) is 18.3 Å². The van der Waals surface area contributed by atoms with Crippen LogP contribution in [0.25, 0.3) is 0 Å². The number of carbonyl (C=O) groups excluding carboxylic acids is 3. The molecule has 3 aliphatic heterocycles. The van der Waals surface area contributed by atoms with Gasteiger partial charge in [-0.15, -0.1) is 0 Å². The Kier molecular flexibility index (Phi) is 17.7. The lowest BCUT2D eigenvalue weighted by Gasteiger charge is -2.64. The normalized spacial score (nSPS) is 43.9. The van der Waals surface area contributed by atoms with Gasteiger partial charge in [-0.05, 0) is 85.2 Å². The van der Waals surface area contributed by atoms with Crippen LogP contribution in [-0.2, 0) is 58.8 Å². The largest absolute Gasteiger partial charge is 0.481 e. The van der Waals surface area contributed by atoms with E-state index >= 15 is 0 Å². The van der Waals surface area contributed by atoms with E-state index in [4.69, 9.17) is 33.2 Å². The molecule has 7 aliphatic rings. The highest BCUT2D eigenvalue weighted by molar-refractivity contribution is 5.94. The molecule has 0 aromatic heterocycles. The van der Waals surface area contributed by atoms with E-state index in [0.29, 0.717) is 62.5 Å². The van der Waals surface area contributed by atoms with E-state index < -0.39 is 176 Å². The summed E-state index contributed by atoms with van der Waals surface area (Å²) in [6.07, 6.45) is -22.3. The lowest BCUT2D eigenvalue weighted by molar-refractivity contribution is -0.400. The molecule has 24 heteroatoms. The Labute approximate surface area is 439 Å². The number of carboxylic acid groups (broad SMARTS) is 1. The van der Waals surface area contributed by atoms with E-state index in [1.54, 1.807) is 30.3 Å². The van der Waals surface area contributed by atoms with Crippen LogP contribution in [0.4, 0.5) is 0 Å². The molecular formula is C52H76N2O22. The zero-order valence-corrected chi connectivity index (χ0v) is 42.9. The number of esters is 1. The van der Waals surface area contributed by atoms with Gasteiger partial charge in [0.15, 0.2) is 18.9 Å². The SMILES string of the molecule is C=C1C[C@@]23CC[C@H]4[C@@](C)(CCC[C@@]4(C)C(=O)NC(CC(=O)O)C(=O)NC(Cc4ccccc4)C(=O)OC)[C@@H]2CC[C@]1(O[C@@H]1O[C@H](CO)[C@@H](O)[C@H](O[C@@H]2O[C@H](CO)[C@@H](O)[C@H](O)[C@H]2O)[C@H]1O[C@@H]1O[C@H](CO)[C@@H](O)[C@H](O)[C@H]1O)C3. The Morgan fingerprint density at radius 1 is 0.697 bits per heavy atom. The van der Waals surface area contributed by atoms with Crippen LogP contribution >= 0.6 is 0 Å². The standard InChI is InChI=1S/C52H76N2O22/c1-24-19-51-15-11-31-49(2,13-8-14-50(31,3)48(69)54-26(18-33(58)59)43(67)53-27(44(68)70-4)17-25-9-6-5-7-10-25)32(51)12-16-52(24,23-51)76-47-42(75-46-40(66)38(64)35(61)29(21-56)72-46)41(36(62)30(22-57)73-47)74-45-39(65)37(63)34(60)28(20-55)71-45/h5-7,9-10,26-32,34-42,45-47,55-57,60-66H,1,8,11-23H2,2-4H3,(H,53,67)(H,54,69)(H,58,59)/t26?,27?,28-,29-,30-,31+,32+,34-,35-,36-,37+,38+,39-,40-,41+,42-,45+,46+,47+,49-,50-,51-,52+/m1/s1. The van der Waals surface area contributed by atoms with Crippen molar-refractivity contribution in [1.82, 2.24) is 10.6 Å². The van der Waals surface area contributed by atoms with Gasteiger partial charge >= 0.3 is 11.9 Å². The number of amides is 2. The number of hydrogen-bond donors (Lipinski definition) is 13. The Morgan fingerprint density at radius 3 is 1.84 bits per heavy atom. The van der Waals surface area contributed by atoms with Crippen LogP contribution in [-0.4, -0.2) is 217 Å². The van der Waals surface area contributed by atoms with Crippen molar-refractivity contribution in [2.45, 2.75) is 194 Å². The molecule has 24 nitrogen and oxygen atoms in total. The van der Waals surface area contributed by atoms with E-state index in [2.05, 4.69) is 24.1 Å². The number of ether oxygens (including phenoxy) is 7. The second-order valence-electron chi connectivity index (χ2n) is 22.6. The number of methoxy groups -OCH3 is 1. The number of rotatable bonds is 18. The molecule has 3 heterocycles. The molecule has 13 N–H and O–H groups in total. The lowest BCUT2D eigenvalue weighted by Crippen LogP contribution is -2.68. The van der Waals surface area contributed by atoms with Crippen LogP contribution in [0.15, 0.2) is 42.5 Å². The van der Waals surface area contributed by atoms with Crippen molar-refractivity contribution in [3.63, 3.8) is 0 Å². The van der Waals surface area contributed by atoms with Crippen molar-refractivity contribution in [2.24, 2.45) is 28.1 Å². The number of carbonyl (C=O) groups is 4. The maximum Gasteiger partial charge on any atom is 0.328 e. The van der Waals surface area contributed by atoms with Gasteiger partial charge in [0.2, 0.25) is 11.8 Å². The molecular weight excluding hydrogens is 1000 g/mol. The number of aliphatic hydroxyl groups is 10. The predicted octanol–water partition coefficient (Wildman–Crippen LogP) is -2.60. The molecule has 0 radical (unpaired) electrons. The molecule has 4 saturated carbocycles. The topological polar surface area (TPSA) is 379 Å². The number of aliphatic carboxylic acids is 1. The fourth-order valence-corrected chi connectivity index (χ4v) is 14.3. The summed E-state index contributed by atoms with van der Waals surface area (Å²) >= 11 is 0. The third kappa shape index (κ3) is 10.8. The molecule has 23 atom stereocenters. The van der Waals surface area contributed by atoms with Crippen molar-refractivity contribution in [3.8, 4) is 0 Å². The van der Waals surface area contributed by atoms with Gasteiger partial charge in [0.25, 0.3) is 0 Å². The fourth-order valence-electron chi connectivity index (χ4n) is 14.3. The highest BCUT2D eigenvalue weighted by Gasteiger charge is 2.69. The van der Waals surface area contributed by atoms with Gasteiger partial charge in [-0.1, -0.05) is 57.2 Å². The Morgan fingerprint density at radius 2 is 1.26 bits per heavy atom. The van der Waals surface area contributed by atoms with E-state index in [9.17, 15) is 75.3 Å². The van der Waals surface area contributed by atoms with Crippen molar-refractivity contribution in [1.29, 1.82) is 0 Å². The molecule has 2 amide bonds. The fraction of sp³-hybridized carbons (Fsp3) is 0.769. The summed E-state index contributed by atoms with van der Waals surface area (Å²) in [5.41, 5.74) is -1.75. The van der Waals surface area contributed by atoms with Gasteiger partial charge in [0.05, 0.1) is 39.0 Å². The number of nitrogens with one attached hydrogen (secondary N) is 2. The zero-order valence-electron chi connectivity index (χ0n) is 42.9. The van der Waals surface area contributed by atoms with E-state index in [1.807, 2.05) is 6.92 Å². The first kappa shape index (κ1) is 58.4. The smallest absolute Gasteiger partial charge is 0.328 e. The molecule has 1 aromatic rings. The maximum atomic E-state index is 14.8. The predicted molar refractivity (Wildman–Crippen MR) is 257 cm³/mol. The molecule has 2 bridgehead atoms. The number of fused-ring (bicyclic) bond motifs is 3. The summed E-state index contributed by atoms with van der Waals surface area (Å²) in [6, 6.07) is 6.18. The first-order valence-electron chi connectivity index (χ1n) is 26.2. The highest BCUT2D eigenvalue weighted by Crippen LogP contribution is 2.73. The summed E-state index contributed by atoms with van der Waals surface area (Å²) in [7, 11) is 1.18. The average Bonchev–Trinajstić information content (AvgIpc) is 3.75. The van der Waals surface area contributed by atoms with Gasteiger partial charge < -0.3 is 100.0 Å². The molecule has 3 saturated heterocycles. The molecule has 426 valence electrons. The summed E-state index contributed by atoms with van der Waals surface area (Å²) < 4.78 is 42.0. The van der Waals surface area contributed by atoms with Crippen molar-refractivity contribution >= 4 is 23.8 Å². The summed E-state index contributed by atoms with van der Waals surface area (Å²) in [5.74, 6) is -3.66. The third-order valence-electron chi connectivity index (χ3n) is 18.2. The van der Waals surface area contributed by atoms with Gasteiger partial charge in [-0.3, -0.25) is 14.4 Å². The minimum absolute atomic E-state index is 0.0122. The molecule has 76 heavy (non-hydrogen) atoms. The van der Waals surface area contributed by atoms with Gasteiger partial charge in [-0.2, -0.15) is 0 Å². The van der Waals surface area contributed by atoms with E-state index in [1.165, 1.54) is 7.11 Å². The Balaban J connectivity index is 1.04. The molecule has 4 aliphatic carbocycles. The monoisotopic (exact) mass is 1080 g/mol. The zero-order chi connectivity index (χ0) is 55.2. The summed E-state index contributed by atoms with van der Waals surface area (Å²) in [5, 5.41) is 122. The number of hydrogen-bond acceptors (Lipinski definition) is 21. The third-order valence-corrected chi connectivity index (χ3v) is 18.2. The molecule has 7 fully saturated rings. The highest BCUT2D eigenvalue weighted by atomic mass is 16.8. The van der Waals surface area contributed by atoms with Crippen LogP contribution in [0.2, 0.25) is 0 Å². The van der Waals surface area contributed by atoms with Crippen LogP contribution < -0.4 is 10.6 Å². The lowest BCUT2D eigenvalue weighted by atomic mass is 9.40. The number of carboxylic acids is 1. The summed E-state index contributed by atoms with van der Waals surface area (Å²) in [4.78, 5) is 53.8. The first-order chi connectivity index (χ1) is 36.0. The van der Waals surface area contributed by atoms with Crippen molar-refractivity contribution < 1.29 is 109 Å². The quantitative estimate of drug-likeness (QED) is 0.0407. The second-order valence-corrected chi connectivity index (χ2v) is 22.6. The van der Waals surface area contributed by atoms with Gasteiger partial charge in [-0.25, -0.2) is 4.79 Å². The molecule has 1 spiro atoms. The van der Waals surface area contributed by atoms with Crippen LogP contribution in [0, 0.1) is 28.1 Å². The van der Waals surface area contributed by atoms with Crippen molar-refractivity contribution in [2.75, 3.05) is 26.9 Å². The van der Waals surface area contributed by atoms with Crippen molar-refractivity contribution in [3.05, 3.63) is 48.0 Å². The average molecular weight is 1080 g/mol. The number of aliphatic hydroxyl groups excluding tert-OH is 10. The molecule has 8 rings (SSSR count). The molecule has 1 aromatic carbocycles. The Bertz CT molecular complexity index is 2240. The minimum Gasteiger partial charge on any atom is -0.481 e. The van der Waals surface area contributed by atoms with Gasteiger partial charge in [0, 0.05) is 11.8 Å². The molecule has 2 unspecified atom stereocenters. The van der Waals surface area contributed by atoms with Crippen LogP contribution in [0.3, 0.4) is 0 Å². The minimum atomic E-state index is -1.97. The van der Waals surface area contributed by atoms with Gasteiger partial charge in [0.1, 0.15) is 85.3 Å². The second kappa shape index (κ2) is 23.1. The Hall–Kier alpha value is -3.80. The maximum absolute atomic E-state index is 14.8. The number of benzene rings is 1. The summed E-state index contributed by atoms with van der Waals surface area (Å²) in [6.45, 7) is 6.10.